The molecule has 1 aromatic carbocycles. The minimum absolute atomic E-state index is 0.203. The van der Waals surface area contributed by atoms with Crippen molar-refractivity contribution >= 4 is 15.0 Å². The van der Waals surface area contributed by atoms with Crippen LogP contribution in [0.5, 0.6) is 5.75 Å². The average Bonchev–Trinajstić information content (AvgIpc) is 2.18. The van der Waals surface area contributed by atoms with E-state index in [4.69, 9.17) is 9.53 Å². The Balaban J connectivity index is 2.95. The highest BCUT2D eigenvalue weighted by atomic mass is 28.3. The van der Waals surface area contributed by atoms with Crippen LogP contribution < -0.4 is 4.43 Å². The van der Waals surface area contributed by atoms with E-state index < -0.39 is 15.0 Å². The van der Waals surface area contributed by atoms with Gasteiger partial charge in [0.25, 0.3) is 9.04 Å². The second-order valence-electron chi connectivity index (χ2n) is 2.86. The molecule has 0 aliphatic carbocycles. The highest BCUT2D eigenvalue weighted by Gasteiger charge is 2.11. The highest BCUT2D eigenvalue weighted by molar-refractivity contribution is 6.56. The zero-order chi connectivity index (χ0) is 10.6. The van der Waals surface area contributed by atoms with Crippen LogP contribution in [-0.4, -0.2) is 20.1 Å². The molecule has 14 heavy (non-hydrogen) atoms. The predicted molar refractivity (Wildman–Crippen MR) is 57.2 cm³/mol. The predicted octanol–water partition coefficient (Wildman–Crippen LogP) is 1.84. The maximum Gasteiger partial charge on any atom is 0.339 e. The number of carboxylic acid groups (broad SMARTS) is 1. The second kappa shape index (κ2) is 4.62. The van der Waals surface area contributed by atoms with Gasteiger partial charge in [0.1, 0.15) is 5.75 Å². The Morgan fingerprint density at radius 2 is 2.21 bits per heavy atom. The zero-order valence-electron chi connectivity index (χ0n) is 7.93. The van der Waals surface area contributed by atoms with Gasteiger partial charge >= 0.3 is 5.97 Å². The molecule has 0 aliphatic rings. The number of carbonyl (C=O) groups is 1. The van der Waals surface area contributed by atoms with Gasteiger partial charge in [-0.15, -0.1) is 6.58 Å². The largest absolute Gasteiger partial charge is 0.542 e. The van der Waals surface area contributed by atoms with Crippen molar-refractivity contribution in [3.63, 3.8) is 0 Å². The number of hydrogen-bond donors (Lipinski definition) is 1. The number of benzene rings is 1. The van der Waals surface area contributed by atoms with Crippen molar-refractivity contribution in [2.24, 2.45) is 0 Å². The van der Waals surface area contributed by atoms with Gasteiger partial charge in [0.2, 0.25) is 0 Å². The summed E-state index contributed by atoms with van der Waals surface area (Å²) in [6, 6.07) is 6.63. The normalized spacial score (nSPS) is 11.8. The fourth-order valence-electron chi connectivity index (χ4n) is 0.994. The third-order valence-corrected chi connectivity index (χ3v) is 3.05. The van der Waals surface area contributed by atoms with Crippen LogP contribution in [0.3, 0.4) is 0 Å². The Hall–Kier alpha value is -1.55. The minimum atomic E-state index is -1.48. The van der Waals surface area contributed by atoms with Gasteiger partial charge in [0.15, 0.2) is 0 Å². The van der Waals surface area contributed by atoms with Crippen molar-refractivity contribution in [1.29, 1.82) is 0 Å². The Bertz CT molecular complexity index is 349. The molecule has 1 atom stereocenters. The molecule has 74 valence electrons. The molecule has 0 aromatic heterocycles. The van der Waals surface area contributed by atoms with Crippen LogP contribution in [0.2, 0.25) is 6.55 Å². The van der Waals surface area contributed by atoms with Crippen LogP contribution in [0.15, 0.2) is 36.5 Å². The van der Waals surface area contributed by atoms with E-state index in [0.29, 0.717) is 5.75 Å². The SMILES string of the molecule is C=C[SiH](C)Oc1ccccc1C(=O)O. The van der Waals surface area contributed by atoms with Gasteiger partial charge in [-0.1, -0.05) is 17.8 Å². The third-order valence-electron chi connectivity index (χ3n) is 1.76. The maximum absolute atomic E-state index is 10.8. The van der Waals surface area contributed by atoms with Crippen molar-refractivity contribution in [2.75, 3.05) is 0 Å². The highest BCUT2D eigenvalue weighted by Crippen LogP contribution is 2.18. The summed E-state index contributed by atoms with van der Waals surface area (Å²) in [5, 5.41) is 8.86. The summed E-state index contributed by atoms with van der Waals surface area (Å²) in [7, 11) is -1.48. The standard InChI is InChI=1S/C10H12O3Si/c1-3-14(2)13-9-7-5-4-6-8(9)10(11)12/h3-7,14H,1H2,2H3,(H,11,12). The molecular weight excluding hydrogens is 196 g/mol. The fourth-order valence-corrected chi connectivity index (χ4v) is 1.70. The Labute approximate surface area is 84.4 Å². The molecule has 0 aliphatic heterocycles. The molecule has 3 nitrogen and oxygen atoms in total. The number of para-hydroxylation sites is 1. The lowest BCUT2D eigenvalue weighted by Gasteiger charge is -2.11. The molecule has 0 fully saturated rings. The first kappa shape index (κ1) is 10.5. The fraction of sp³-hybridized carbons (Fsp3) is 0.100. The molecule has 0 heterocycles. The first-order valence-electron chi connectivity index (χ1n) is 4.26. The van der Waals surface area contributed by atoms with E-state index >= 15 is 0 Å². The minimum Gasteiger partial charge on any atom is -0.542 e. The van der Waals surface area contributed by atoms with E-state index in [1.54, 1.807) is 23.9 Å². The van der Waals surface area contributed by atoms with Gasteiger partial charge in [-0.25, -0.2) is 4.79 Å². The van der Waals surface area contributed by atoms with Gasteiger partial charge in [-0.3, -0.25) is 0 Å². The Morgan fingerprint density at radius 3 is 2.79 bits per heavy atom. The molecular formula is C10H12O3Si. The van der Waals surface area contributed by atoms with E-state index in [1.165, 1.54) is 6.07 Å². The number of carboxylic acids is 1. The van der Waals surface area contributed by atoms with E-state index in [0.717, 1.165) is 0 Å². The number of hydrogen-bond acceptors (Lipinski definition) is 2. The molecule has 0 spiro atoms. The van der Waals surface area contributed by atoms with Gasteiger partial charge in [-0.2, -0.15) is 0 Å². The third kappa shape index (κ3) is 2.47. The van der Waals surface area contributed by atoms with Crippen molar-refractivity contribution in [3.05, 3.63) is 42.1 Å². The molecule has 1 N–H and O–H groups in total. The smallest absolute Gasteiger partial charge is 0.339 e. The van der Waals surface area contributed by atoms with Gasteiger partial charge < -0.3 is 9.53 Å². The van der Waals surface area contributed by atoms with Gasteiger partial charge in [-0.05, 0) is 18.7 Å². The molecule has 1 rings (SSSR count). The van der Waals surface area contributed by atoms with E-state index in [-0.39, 0.29) is 5.56 Å². The average molecular weight is 208 g/mol. The quantitative estimate of drug-likeness (QED) is 0.768. The number of aromatic carboxylic acids is 1. The van der Waals surface area contributed by atoms with Crippen LogP contribution in [0.1, 0.15) is 10.4 Å². The summed E-state index contributed by atoms with van der Waals surface area (Å²) in [6.07, 6.45) is 0. The summed E-state index contributed by atoms with van der Waals surface area (Å²) in [4.78, 5) is 10.8. The van der Waals surface area contributed by atoms with Crippen LogP contribution >= 0.6 is 0 Å². The van der Waals surface area contributed by atoms with Crippen LogP contribution in [0, 0.1) is 0 Å². The lowest BCUT2D eigenvalue weighted by molar-refractivity contribution is 0.0695. The van der Waals surface area contributed by atoms with Crippen molar-refractivity contribution < 1.29 is 14.3 Å². The molecule has 0 saturated heterocycles. The van der Waals surface area contributed by atoms with Crippen molar-refractivity contribution in [2.45, 2.75) is 6.55 Å². The van der Waals surface area contributed by atoms with Crippen molar-refractivity contribution in [1.82, 2.24) is 0 Å². The van der Waals surface area contributed by atoms with Crippen LogP contribution in [0.25, 0.3) is 0 Å². The summed E-state index contributed by atoms with van der Waals surface area (Å²) < 4.78 is 5.50. The Kier molecular flexibility index (Phi) is 3.47. The monoisotopic (exact) mass is 208 g/mol. The van der Waals surface area contributed by atoms with E-state index in [1.807, 2.05) is 6.55 Å². The van der Waals surface area contributed by atoms with Gasteiger partial charge in [0, 0.05) is 0 Å². The molecule has 0 saturated carbocycles. The molecule has 0 bridgehead atoms. The van der Waals surface area contributed by atoms with E-state index in [9.17, 15) is 4.79 Å². The summed E-state index contributed by atoms with van der Waals surface area (Å²) >= 11 is 0. The lowest BCUT2D eigenvalue weighted by atomic mass is 10.2. The molecule has 0 amide bonds. The van der Waals surface area contributed by atoms with Gasteiger partial charge in [0.05, 0.1) is 5.56 Å². The maximum atomic E-state index is 10.8. The topological polar surface area (TPSA) is 46.5 Å². The zero-order valence-corrected chi connectivity index (χ0v) is 9.09. The summed E-state index contributed by atoms with van der Waals surface area (Å²) in [5.74, 6) is -0.537. The lowest BCUT2D eigenvalue weighted by Crippen LogP contribution is -2.15. The molecule has 1 unspecified atom stereocenters. The van der Waals surface area contributed by atoms with Crippen molar-refractivity contribution in [3.8, 4) is 5.75 Å². The Morgan fingerprint density at radius 1 is 1.57 bits per heavy atom. The van der Waals surface area contributed by atoms with Crippen LogP contribution in [0.4, 0.5) is 0 Å². The summed E-state index contributed by atoms with van der Waals surface area (Å²) in [5.41, 5.74) is 1.95. The molecule has 0 radical (unpaired) electrons. The molecule has 1 aromatic rings. The summed E-state index contributed by atoms with van der Waals surface area (Å²) in [6.45, 7) is 5.56. The van der Waals surface area contributed by atoms with E-state index in [2.05, 4.69) is 6.58 Å². The first-order valence-corrected chi connectivity index (χ1v) is 6.56. The molecule has 4 heteroatoms. The first-order chi connectivity index (χ1) is 6.65. The second-order valence-corrected chi connectivity index (χ2v) is 4.98. The number of rotatable bonds is 4. The van der Waals surface area contributed by atoms with Crippen LogP contribution in [-0.2, 0) is 0 Å².